The zero-order valence-corrected chi connectivity index (χ0v) is 7.05. The van der Waals surface area contributed by atoms with Crippen molar-refractivity contribution >= 4 is 24.0 Å². The number of halogens is 1. The monoisotopic (exact) mass is 210 g/mol. The summed E-state index contributed by atoms with van der Waals surface area (Å²) >= 11 is 0. The molecule has 0 aliphatic heterocycles. The lowest BCUT2D eigenvalue weighted by Gasteiger charge is -1.62. The van der Waals surface area contributed by atoms with Crippen LogP contribution < -0.4 is 0 Å². The molecule has 0 saturated carbocycles. The Bertz CT molecular complexity index is 52.6. The van der Waals surface area contributed by atoms with E-state index in [4.69, 9.17) is 0 Å². The molecule has 0 nitrogen and oxygen atoms in total. The fraction of sp³-hybridized carbons (Fsp3) is 0.333. The predicted molar refractivity (Wildman–Crippen MR) is 45.0 cm³/mol. The van der Waals surface area contributed by atoms with Crippen LogP contribution >= 0.6 is 24.0 Å². The maximum Gasteiger partial charge on any atom is -0.0467 e. The molecular weight excluding hydrogens is 199 g/mol. The highest BCUT2D eigenvalue weighted by atomic mass is 127. The summed E-state index contributed by atoms with van der Waals surface area (Å²) in [7, 11) is 0. The molecule has 0 aliphatic carbocycles. The summed E-state index contributed by atoms with van der Waals surface area (Å²) in [4.78, 5) is 0. The number of hydrogen-bond acceptors (Lipinski definition) is 0. The third kappa shape index (κ3) is 10.7. The molecule has 0 aromatic carbocycles. The highest BCUT2D eigenvalue weighted by Crippen LogP contribution is 1.71. The lowest BCUT2D eigenvalue weighted by atomic mass is 10.5. The minimum Gasteiger partial charge on any atom is -0.107 e. The van der Waals surface area contributed by atoms with Gasteiger partial charge in [-0.2, -0.15) is 0 Å². The summed E-state index contributed by atoms with van der Waals surface area (Å²) in [5.74, 6) is 0. The van der Waals surface area contributed by atoms with Crippen LogP contribution in [0.3, 0.4) is 0 Å². The summed E-state index contributed by atoms with van der Waals surface area (Å²) in [6.07, 6.45) is 8.00. The second kappa shape index (κ2) is 9.51. The Morgan fingerprint density at radius 3 is 1.29 bits per heavy atom. The van der Waals surface area contributed by atoms with Gasteiger partial charge in [0.2, 0.25) is 0 Å². The van der Waals surface area contributed by atoms with Gasteiger partial charge in [-0.15, -0.1) is 24.0 Å². The summed E-state index contributed by atoms with van der Waals surface area (Å²) in [6, 6.07) is 0. The van der Waals surface area contributed by atoms with Gasteiger partial charge >= 0.3 is 0 Å². The molecule has 0 fully saturated rings. The Labute approximate surface area is 62.3 Å². The number of hydrogen-bond donors (Lipinski definition) is 0. The zero-order chi connectivity index (χ0) is 4.83. The molecule has 1 heteroatoms. The zero-order valence-electron chi connectivity index (χ0n) is 4.72. The van der Waals surface area contributed by atoms with Gasteiger partial charge in [-0.3, -0.25) is 0 Å². The Kier molecular flexibility index (Phi) is 13.9. The van der Waals surface area contributed by atoms with Crippen LogP contribution in [0.1, 0.15) is 13.8 Å². The first-order valence-corrected chi connectivity index (χ1v) is 2.15. The first-order valence-electron chi connectivity index (χ1n) is 2.15. The van der Waals surface area contributed by atoms with Gasteiger partial charge in [-0.25, -0.2) is 0 Å². The van der Waals surface area contributed by atoms with Crippen molar-refractivity contribution in [1.82, 2.24) is 0 Å². The van der Waals surface area contributed by atoms with Gasteiger partial charge in [0, 0.05) is 0 Å². The molecule has 0 aromatic heterocycles. The van der Waals surface area contributed by atoms with Gasteiger partial charge in [0.05, 0.1) is 0 Å². The molecule has 0 saturated heterocycles. The molecular formula is C6H11I. The fourth-order valence-corrected chi connectivity index (χ4v) is 0.222. The van der Waals surface area contributed by atoms with Gasteiger partial charge in [0.15, 0.2) is 0 Å². The smallest absolute Gasteiger partial charge is 0.0467 e. The highest BCUT2D eigenvalue weighted by Gasteiger charge is 1.48. The van der Waals surface area contributed by atoms with Crippen molar-refractivity contribution in [2.75, 3.05) is 0 Å². The molecule has 0 N–H and O–H groups in total. The van der Waals surface area contributed by atoms with Crippen molar-refractivity contribution in [3.63, 3.8) is 0 Å². The van der Waals surface area contributed by atoms with Crippen molar-refractivity contribution in [3.05, 3.63) is 24.3 Å². The molecule has 0 amide bonds. The predicted octanol–water partition coefficient (Wildman–Crippen LogP) is 2.76. The van der Waals surface area contributed by atoms with Crippen LogP contribution in [0.25, 0.3) is 0 Å². The highest BCUT2D eigenvalue weighted by molar-refractivity contribution is 14.0. The SMILES string of the molecule is C/C=C\C=C/C.I. The minimum atomic E-state index is 0. The van der Waals surface area contributed by atoms with E-state index in [2.05, 4.69) is 0 Å². The van der Waals surface area contributed by atoms with Crippen molar-refractivity contribution < 1.29 is 0 Å². The molecule has 7 heavy (non-hydrogen) atoms. The minimum absolute atomic E-state index is 0. The Balaban J connectivity index is 0. The summed E-state index contributed by atoms with van der Waals surface area (Å²) in [5.41, 5.74) is 0. The second-order valence-electron chi connectivity index (χ2n) is 1.05. The van der Waals surface area contributed by atoms with Gasteiger partial charge in [0.1, 0.15) is 0 Å². The lowest BCUT2D eigenvalue weighted by Crippen LogP contribution is -1.40. The van der Waals surface area contributed by atoms with Crippen molar-refractivity contribution in [1.29, 1.82) is 0 Å². The van der Waals surface area contributed by atoms with E-state index in [0.717, 1.165) is 0 Å². The molecule has 0 aliphatic rings. The largest absolute Gasteiger partial charge is 0.107 e. The van der Waals surface area contributed by atoms with Gasteiger partial charge < -0.3 is 0 Å². The van der Waals surface area contributed by atoms with Gasteiger partial charge in [-0.1, -0.05) is 24.3 Å². The molecule has 0 radical (unpaired) electrons. The molecule has 0 spiro atoms. The number of rotatable bonds is 1. The summed E-state index contributed by atoms with van der Waals surface area (Å²) < 4.78 is 0. The lowest BCUT2D eigenvalue weighted by molar-refractivity contribution is 1.69. The van der Waals surface area contributed by atoms with E-state index in [1.807, 2.05) is 38.2 Å². The van der Waals surface area contributed by atoms with Crippen LogP contribution in [-0.2, 0) is 0 Å². The van der Waals surface area contributed by atoms with Gasteiger partial charge in [-0.05, 0) is 13.8 Å². The standard InChI is InChI=1S/C6H10.HI/c1-3-5-6-4-2;/h3-6H,1-2H3;1H/b5-3-,6-4-;. The molecule has 0 bridgehead atoms. The topological polar surface area (TPSA) is 0 Å². The maximum atomic E-state index is 2.00. The van der Waals surface area contributed by atoms with E-state index in [0.29, 0.717) is 0 Å². The average Bonchev–Trinajstić information content (AvgIpc) is 1.61. The van der Waals surface area contributed by atoms with Crippen LogP contribution in [-0.4, -0.2) is 0 Å². The van der Waals surface area contributed by atoms with Crippen molar-refractivity contribution in [2.24, 2.45) is 0 Å². The molecule has 0 atom stereocenters. The van der Waals surface area contributed by atoms with Crippen molar-refractivity contribution in [2.45, 2.75) is 13.8 Å². The fourth-order valence-electron chi connectivity index (χ4n) is 0.222. The van der Waals surface area contributed by atoms with E-state index in [-0.39, 0.29) is 24.0 Å². The van der Waals surface area contributed by atoms with E-state index >= 15 is 0 Å². The average molecular weight is 210 g/mol. The van der Waals surface area contributed by atoms with E-state index in [9.17, 15) is 0 Å². The van der Waals surface area contributed by atoms with E-state index in [1.54, 1.807) is 0 Å². The summed E-state index contributed by atoms with van der Waals surface area (Å²) in [5, 5.41) is 0. The Morgan fingerprint density at radius 1 is 0.857 bits per heavy atom. The molecule has 42 valence electrons. The van der Waals surface area contributed by atoms with Gasteiger partial charge in [0.25, 0.3) is 0 Å². The van der Waals surface area contributed by atoms with Crippen LogP contribution in [0.5, 0.6) is 0 Å². The van der Waals surface area contributed by atoms with E-state index in [1.165, 1.54) is 0 Å². The first kappa shape index (κ1) is 10.2. The first-order chi connectivity index (χ1) is 2.91. The van der Waals surface area contributed by atoms with Crippen LogP contribution in [0.2, 0.25) is 0 Å². The maximum absolute atomic E-state index is 2.00. The molecule has 0 unspecified atom stereocenters. The second-order valence-corrected chi connectivity index (χ2v) is 1.05. The van der Waals surface area contributed by atoms with Crippen molar-refractivity contribution in [3.8, 4) is 0 Å². The number of allylic oxidation sites excluding steroid dienone is 4. The quantitative estimate of drug-likeness (QED) is 0.461. The molecule has 0 rings (SSSR count). The van der Waals surface area contributed by atoms with E-state index < -0.39 is 0 Å². The Morgan fingerprint density at radius 2 is 1.14 bits per heavy atom. The third-order valence-corrected chi connectivity index (χ3v) is 0.496. The molecule has 0 aromatic rings. The summed E-state index contributed by atoms with van der Waals surface area (Å²) in [6.45, 7) is 4.00. The van der Waals surface area contributed by atoms with Crippen LogP contribution in [0.4, 0.5) is 0 Å². The Hall–Kier alpha value is 0.210. The molecule has 0 heterocycles. The normalized spacial score (nSPS) is 10.0. The van der Waals surface area contributed by atoms with Crippen LogP contribution in [0.15, 0.2) is 24.3 Å². The van der Waals surface area contributed by atoms with Crippen LogP contribution in [0, 0.1) is 0 Å². The third-order valence-electron chi connectivity index (χ3n) is 0.496.